The first-order chi connectivity index (χ1) is 8.77. The molecule has 1 aromatic rings. The van der Waals surface area contributed by atoms with Crippen LogP contribution in [0.15, 0.2) is 17.2 Å². The van der Waals surface area contributed by atoms with E-state index in [2.05, 4.69) is 12.2 Å². The predicted octanol–water partition coefficient (Wildman–Crippen LogP) is 1.87. The molecule has 2 rings (SSSR count). The molecule has 5 nitrogen and oxygen atoms in total. The van der Waals surface area contributed by atoms with E-state index in [0.29, 0.717) is 12.2 Å². The Morgan fingerprint density at radius 1 is 1.53 bits per heavy atom. The molecule has 0 bridgehead atoms. The van der Waals surface area contributed by atoms with Gasteiger partial charge in [-0.2, -0.15) is 0 Å². The highest BCUT2D eigenvalue weighted by Gasteiger charge is 2.40. The van der Waals surface area contributed by atoms with Gasteiger partial charge in [0.25, 0.3) is 15.0 Å². The third-order valence-corrected chi connectivity index (χ3v) is 5.15. The summed E-state index contributed by atoms with van der Waals surface area (Å²) in [6, 6.07) is 1.29. The highest BCUT2D eigenvalue weighted by Crippen LogP contribution is 2.47. The molecular weight excluding hydrogens is 288 g/mol. The van der Waals surface area contributed by atoms with E-state index in [9.17, 15) is 13.2 Å². The lowest BCUT2D eigenvalue weighted by Gasteiger charge is -2.13. The second kappa shape index (κ2) is 4.83. The van der Waals surface area contributed by atoms with Gasteiger partial charge in [-0.15, -0.1) is 0 Å². The van der Waals surface area contributed by atoms with Crippen LogP contribution in [0.3, 0.4) is 0 Å². The molecule has 0 radical (unpaired) electrons. The van der Waals surface area contributed by atoms with Gasteiger partial charge in [0.15, 0.2) is 0 Å². The molecule has 7 heteroatoms. The number of nitrogens with one attached hydrogen (secondary N) is 1. The van der Waals surface area contributed by atoms with Gasteiger partial charge in [-0.25, -0.2) is 8.42 Å². The lowest BCUT2D eigenvalue weighted by atomic mass is 10.0. The molecule has 19 heavy (non-hydrogen) atoms. The Labute approximate surface area is 117 Å². The summed E-state index contributed by atoms with van der Waals surface area (Å²) in [6.07, 6.45) is 4.65. The smallest absolute Gasteiger partial charge is 0.267 e. The number of hydrogen-bond acceptors (Lipinski definition) is 3. The number of aromatic nitrogens is 1. The minimum absolute atomic E-state index is 0.0570. The second-order valence-electron chi connectivity index (χ2n) is 5.15. The summed E-state index contributed by atoms with van der Waals surface area (Å²) in [5, 5.41) is 2.86. The number of carbonyl (C=O) groups excluding carboxylic acids is 1. The lowest BCUT2D eigenvalue weighted by molar-refractivity contribution is 0.0936. The number of amides is 1. The van der Waals surface area contributed by atoms with Crippen molar-refractivity contribution in [1.29, 1.82) is 0 Å². The quantitative estimate of drug-likeness (QED) is 0.844. The number of aryl methyl sites for hydroxylation is 1. The maximum atomic E-state index is 12.0. The van der Waals surface area contributed by atoms with Crippen LogP contribution in [0.5, 0.6) is 0 Å². The predicted molar refractivity (Wildman–Crippen MR) is 72.7 cm³/mol. The van der Waals surface area contributed by atoms with E-state index in [0.717, 1.165) is 19.3 Å². The van der Waals surface area contributed by atoms with Crippen LogP contribution in [-0.4, -0.2) is 25.4 Å². The van der Waals surface area contributed by atoms with Crippen molar-refractivity contribution in [2.24, 2.45) is 12.5 Å². The van der Waals surface area contributed by atoms with E-state index in [4.69, 9.17) is 10.7 Å². The Kier molecular flexibility index (Phi) is 3.66. The van der Waals surface area contributed by atoms with E-state index in [1.54, 1.807) is 7.05 Å². The average molecular weight is 305 g/mol. The first-order valence-electron chi connectivity index (χ1n) is 6.17. The van der Waals surface area contributed by atoms with Crippen LogP contribution >= 0.6 is 10.7 Å². The van der Waals surface area contributed by atoms with Crippen molar-refractivity contribution < 1.29 is 13.2 Å². The topological polar surface area (TPSA) is 68.2 Å². The fourth-order valence-corrected chi connectivity index (χ4v) is 2.87. The molecule has 1 heterocycles. The van der Waals surface area contributed by atoms with Crippen molar-refractivity contribution in [1.82, 2.24) is 9.88 Å². The van der Waals surface area contributed by atoms with E-state index in [-0.39, 0.29) is 16.2 Å². The first-order valence-corrected chi connectivity index (χ1v) is 8.48. The largest absolute Gasteiger partial charge is 0.350 e. The molecule has 1 amide bonds. The molecule has 0 spiro atoms. The van der Waals surface area contributed by atoms with Gasteiger partial charge >= 0.3 is 0 Å². The highest BCUT2D eigenvalue weighted by atomic mass is 35.7. The molecule has 1 aliphatic carbocycles. The molecule has 0 atom stereocenters. The van der Waals surface area contributed by atoms with E-state index >= 15 is 0 Å². The Balaban J connectivity index is 2.09. The van der Waals surface area contributed by atoms with Crippen molar-refractivity contribution >= 4 is 25.6 Å². The Bertz CT molecular complexity index is 602. The summed E-state index contributed by atoms with van der Waals surface area (Å²) in [4.78, 5) is 12.0. The number of hydrogen-bond donors (Lipinski definition) is 1. The first kappa shape index (κ1) is 14.4. The van der Waals surface area contributed by atoms with Gasteiger partial charge in [0.2, 0.25) is 0 Å². The Hall–Kier alpha value is -1.01. The molecule has 0 unspecified atom stereocenters. The van der Waals surface area contributed by atoms with E-state index in [1.165, 1.54) is 16.8 Å². The molecule has 1 saturated carbocycles. The van der Waals surface area contributed by atoms with Gasteiger partial charge in [0.05, 0.1) is 0 Å². The van der Waals surface area contributed by atoms with Gasteiger partial charge in [0.1, 0.15) is 10.6 Å². The molecule has 0 saturated heterocycles. The average Bonchev–Trinajstić information content (AvgIpc) is 3.00. The molecule has 1 aliphatic rings. The monoisotopic (exact) mass is 304 g/mol. The number of nitrogens with zero attached hydrogens (tertiary/aromatic N) is 1. The minimum Gasteiger partial charge on any atom is -0.350 e. The van der Waals surface area contributed by atoms with Crippen molar-refractivity contribution in [2.75, 3.05) is 6.54 Å². The summed E-state index contributed by atoms with van der Waals surface area (Å²) in [6.45, 7) is 2.75. The summed E-state index contributed by atoms with van der Waals surface area (Å²) in [5.74, 6) is -0.270. The molecule has 1 N–H and O–H groups in total. The summed E-state index contributed by atoms with van der Waals surface area (Å²) >= 11 is 0. The SMILES string of the molecule is CCC1(CNC(=O)c2cc(S(=O)(=O)Cl)cn2C)CC1. The zero-order valence-corrected chi connectivity index (χ0v) is 12.5. The van der Waals surface area contributed by atoms with Gasteiger partial charge < -0.3 is 9.88 Å². The van der Waals surface area contributed by atoms with Gasteiger partial charge in [-0.1, -0.05) is 6.92 Å². The molecule has 0 aromatic carbocycles. The second-order valence-corrected chi connectivity index (χ2v) is 7.71. The lowest BCUT2D eigenvalue weighted by Crippen LogP contribution is -2.31. The van der Waals surface area contributed by atoms with Gasteiger partial charge in [-0.3, -0.25) is 4.79 Å². The number of carbonyl (C=O) groups is 1. The zero-order valence-electron chi connectivity index (χ0n) is 10.9. The van der Waals surface area contributed by atoms with Gasteiger partial charge in [0, 0.05) is 30.5 Å². The molecule has 106 valence electrons. The minimum atomic E-state index is -3.80. The summed E-state index contributed by atoms with van der Waals surface area (Å²) in [7, 11) is 3.07. The van der Waals surface area contributed by atoms with Crippen molar-refractivity contribution in [3.05, 3.63) is 18.0 Å². The van der Waals surface area contributed by atoms with Crippen molar-refractivity contribution in [2.45, 2.75) is 31.1 Å². The highest BCUT2D eigenvalue weighted by molar-refractivity contribution is 8.13. The van der Waals surface area contributed by atoms with Crippen LogP contribution in [0.4, 0.5) is 0 Å². The molecular formula is C12H17ClN2O3S. The third kappa shape index (κ3) is 3.12. The van der Waals surface area contributed by atoms with Crippen molar-refractivity contribution in [3.8, 4) is 0 Å². The van der Waals surface area contributed by atoms with Crippen LogP contribution < -0.4 is 5.32 Å². The van der Waals surface area contributed by atoms with E-state index < -0.39 is 9.05 Å². The number of rotatable bonds is 5. The maximum Gasteiger partial charge on any atom is 0.267 e. The Morgan fingerprint density at radius 3 is 2.58 bits per heavy atom. The standard InChI is InChI=1S/C12H17ClN2O3S/c1-3-12(4-5-12)8-14-11(16)10-6-9(7-15(10)2)19(13,17)18/h6-7H,3-5,8H2,1-2H3,(H,14,16). The van der Waals surface area contributed by atoms with Gasteiger partial charge in [-0.05, 0) is 30.7 Å². The molecule has 1 fully saturated rings. The molecule has 0 aliphatic heterocycles. The van der Waals surface area contributed by atoms with Crippen LogP contribution in [-0.2, 0) is 16.1 Å². The van der Waals surface area contributed by atoms with Crippen LogP contribution in [0.2, 0.25) is 0 Å². The Morgan fingerprint density at radius 2 is 2.16 bits per heavy atom. The summed E-state index contributed by atoms with van der Waals surface area (Å²) < 4.78 is 23.9. The van der Waals surface area contributed by atoms with Crippen LogP contribution in [0.1, 0.15) is 36.7 Å². The fourth-order valence-electron chi connectivity index (χ4n) is 2.08. The third-order valence-electron chi connectivity index (χ3n) is 3.83. The summed E-state index contributed by atoms with van der Waals surface area (Å²) in [5.41, 5.74) is 0.550. The number of halogens is 1. The maximum absolute atomic E-state index is 12.0. The van der Waals surface area contributed by atoms with Crippen molar-refractivity contribution in [3.63, 3.8) is 0 Å². The normalized spacial score (nSPS) is 17.2. The molecule has 1 aromatic heterocycles. The van der Waals surface area contributed by atoms with Crippen LogP contribution in [0.25, 0.3) is 0 Å². The fraction of sp³-hybridized carbons (Fsp3) is 0.583. The van der Waals surface area contributed by atoms with Crippen LogP contribution in [0, 0.1) is 5.41 Å². The zero-order chi connectivity index (χ0) is 14.3. The van der Waals surface area contributed by atoms with E-state index in [1.807, 2.05) is 0 Å².